The number of aryl methyl sites for hydroxylation is 3. The molecule has 9 rings (SSSR count). The molecule has 0 saturated heterocycles. The zero-order valence-corrected chi connectivity index (χ0v) is 37.1. The van der Waals surface area contributed by atoms with Gasteiger partial charge in [0.2, 0.25) is 0 Å². The van der Waals surface area contributed by atoms with Gasteiger partial charge in [-0.2, -0.15) is 0 Å². The fraction of sp³-hybridized carbons (Fsp3) is 0.161. The predicted octanol–water partition coefficient (Wildman–Crippen LogP) is 16.3. The maximum Gasteiger partial charge on any atom is 0.0685 e. The highest BCUT2D eigenvalue weighted by Gasteiger charge is 2.47. The molecule has 0 aromatic heterocycles. The van der Waals surface area contributed by atoms with Crippen LogP contribution in [0.5, 0.6) is 0 Å². The Morgan fingerprint density at radius 3 is 1.92 bits per heavy atom. The van der Waals surface area contributed by atoms with Crippen LogP contribution in [-0.4, -0.2) is 0 Å². The fourth-order valence-electron chi connectivity index (χ4n) is 10.3. The summed E-state index contributed by atoms with van der Waals surface area (Å²) in [6.07, 6.45) is 13.6. The molecule has 0 heteroatoms. The summed E-state index contributed by atoms with van der Waals surface area (Å²) in [7, 11) is 0. The van der Waals surface area contributed by atoms with E-state index in [1.54, 1.807) is 0 Å². The van der Waals surface area contributed by atoms with E-state index in [9.17, 15) is 0 Å². The molecule has 302 valence electrons. The molecular weight excluding hydrogens is 745 g/mol. The van der Waals surface area contributed by atoms with Crippen LogP contribution in [0.4, 0.5) is 0 Å². The molecule has 0 spiro atoms. The zero-order valence-electron chi connectivity index (χ0n) is 37.1. The molecule has 2 aliphatic carbocycles. The number of hydrogen-bond acceptors (Lipinski definition) is 0. The second-order valence-electron chi connectivity index (χ2n) is 17.1. The highest BCUT2D eigenvalue weighted by atomic mass is 14.5. The Labute approximate surface area is 369 Å². The van der Waals surface area contributed by atoms with Gasteiger partial charge in [0.05, 0.1) is 5.41 Å². The number of hydrogen-bond donors (Lipinski definition) is 0. The lowest BCUT2D eigenvalue weighted by Crippen LogP contribution is -2.30. The molecule has 0 amide bonds. The number of allylic oxidation sites excluding steroid dienone is 8. The molecule has 2 unspecified atom stereocenters. The number of fused-ring (bicyclic) bond motifs is 3. The third-order valence-corrected chi connectivity index (χ3v) is 13.6. The van der Waals surface area contributed by atoms with Gasteiger partial charge in [0.25, 0.3) is 0 Å². The van der Waals surface area contributed by atoms with Crippen molar-refractivity contribution in [2.45, 2.75) is 66.2 Å². The monoisotopic (exact) mass is 798 g/mol. The van der Waals surface area contributed by atoms with Crippen molar-refractivity contribution in [3.63, 3.8) is 0 Å². The Kier molecular flexibility index (Phi) is 11.0. The molecule has 7 aromatic carbocycles. The highest BCUT2D eigenvalue weighted by Crippen LogP contribution is 2.58. The summed E-state index contributed by atoms with van der Waals surface area (Å²) in [5.41, 5.74) is 25.1. The molecule has 0 radical (unpaired) electrons. The maximum atomic E-state index is 3.53. The van der Waals surface area contributed by atoms with Gasteiger partial charge in [-0.3, -0.25) is 0 Å². The van der Waals surface area contributed by atoms with Gasteiger partial charge in [-0.05, 0) is 165 Å². The second-order valence-corrected chi connectivity index (χ2v) is 17.1. The predicted molar refractivity (Wildman–Crippen MR) is 265 cm³/mol. The van der Waals surface area contributed by atoms with Crippen molar-refractivity contribution < 1.29 is 0 Å². The third-order valence-electron chi connectivity index (χ3n) is 13.6. The van der Waals surface area contributed by atoms with Crippen molar-refractivity contribution in [1.29, 1.82) is 0 Å². The van der Waals surface area contributed by atoms with Crippen LogP contribution in [0.1, 0.15) is 88.7 Å². The third kappa shape index (κ3) is 6.93. The van der Waals surface area contributed by atoms with Crippen LogP contribution in [0.25, 0.3) is 50.1 Å². The summed E-state index contributed by atoms with van der Waals surface area (Å²) < 4.78 is 0. The first-order valence-electron chi connectivity index (χ1n) is 22.1. The van der Waals surface area contributed by atoms with E-state index in [1.165, 1.54) is 111 Å². The van der Waals surface area contributed by atoms with Crippen LogP contribution in [0.2, 0.25) is 0 Å². The number of rotatable bonds is 9. The van der Waals surface area contributed by atoms with Gasteiger partial charge in [-0.1, -0.05) is 189 Å². The van der Waals surface area contributed by atoms with E-state index in [0.717, 1.165) is 0 Å². The van der Waals surface area contributed by atoms with Crippen molar-refractivity contribution >= 4 is 5.57 Å². The summed E-state index contributed by atoms with van der Waals surface area (Å²) >= 11 is 0. The summed E-state index contributed by atoms with van der Waals surface area (Å²) in [6.45, 7) is 15.5. The highest BCUT2D eigenvalue weighted by molar-refractivity contribution is 5.91. The smallest absolute Gasteiger partial charge is 0.0685 e. The van der Waals surface area contributed by atoms with E-state index in [4.69, 9.17) is 0 Å². The fourth-order valence-corrected chi connectivity index (χ4v) is 10.3. The first-order chi connectivity index (χ1) is 30.2. The largest absolute Gasteiger partial charge is 0.0940 e. The van der Waals surface area contributed by atoms with Crippen molar-refractivity contribution in [2.24, 2.45) is 0 Å². The molecule has 0 bridgehead atoms. The SMILES string of the molecule is C/C=C\C(=C/C)c1ccc(C2(C3=CC=CC#CC3)c3ccc(-c4cccc(-c5ccccc5C)c4C)cc3-c3ccc(C(C)c4ccc(-c5ccccc5C)c(C)c4)cc32)cc1. The van der Waals surface area contributed by atoms with Gasteiger partial charge < -0.3 is 0 Å². The van der Waals surface area contributed by atoms with E-state index in [-0.39, 0.29) is 5.92 Å². The zero-order chi connectivity index (χ0) is 43.0. The molecule has 0 fully saturated rings. The Balaban J connectivity index is 1.26. The Hall–Kier alpha value is -6.94. The standard InChI is InChI=1S/C62H54/c1-8-19-46(9-2)47-28-33-52(34-29-47)62(51-22-12-10-11-13-23-51)60-37-32-50(56-26-18-27-57(45(56)7)54-25-17-15-21-42(54)4)39-59(60)58-36-31-49(40-61(58)62)44(6)48-30-35-55(43(5)38-48)53-24-16-14-20-41(53)3/h8-10,12,14-22,24-40,44H,23H2,1-7H3/b19-8-,46-9+. The van der Waals surface area contributed by atoms with Gasteiger partial charge in [0.15, 0.2) is 0 Å². The second kappa shape index (κ2) is 16.8. The molecule has 62 heavy (non-hydrogen) atoms. The lowest BCUT2D eigenvalue weighted by atomic mass is 9.65. The Morgan fingerprint density at radius 2 is 1.23 bits per heavy atom. The van der Waals surface area contributed by atoms with Crippen LogP contribution >= 0.6 is 0 Å². The van der Waals surface area contributed by atoms with E-state index < -0.39 is 5.41 Å². The summed E-state index contributed by atoms with van der Waals surface area (Å²) in [5, 5.41) is 0. The lowest BCUT2D eigenvalue weighted by molar-refractivity contribution is 0.727. The van der Waals surface area contributed by atoms with Crippen LogP contribution in [0, 0.1) is 39.5 Å². The van der Waals surface area contributed by atoms with Crippen LogP contribution in [0.3, 0.4) is 0 Å². The number of benzene rings is 7. The van der Waals surface area contributed by atoms with Crippen LogP contribution < -0.4 is 0 Å². The molecule has 0 N–H and O–H groups in total. The van der Waals surface area contributed by atoms with Gasteiger partial charge in [-0.15, -0.1) is 0 Å². The average Bonchev–Trinajstić information content (AvgIpc) is 3.40. The minimum absolute atomic E-state index is 0.178. The molecule has 0 nitrogen and oxygen atoms in total. The van der Waals surface area contributed by atoms with Gasteiger partial charge in [-0.25, -0.2) is 0 Å². The minimum Gasteiger partial charge on any atom is -0.0940 e. The van der Waals surface area contributed by atoms with E-state index in [2.05, 4.69) is 236 Å². The molecular formula is C62H54. The van der Waals surface area contributed by atoms with E-state index in [1.807, 2.05) is 6.08 Å². The van der Waals surface area contributed by atoms with Crippen molar-refractivity contribution in [3.05, 3.63) is 243 Å². The molecule has 0 aliphatic heterocycles. The van der Waals surface area contributed by atoms with Crippen LogP contribution in [0.15, 0.2) is 188 Å². The average molecular weight is 799 g/mol. The maximum absolute atomic E-state index is 3.53. The van der Waals surface area contributed by atoms with Gasteiger partial charge in [0.1, 0.15) is 0 Å². The summed E-state index contributed by atoms with van der Waals surface area (Å²) in [4.78, 5) is 0. The Bertz CT molecular complexity index is 3050. The first-order valence-corrected chi connectivity index (χ1v) is 22.1. The molecule has 7 aromatic rings. The Morgan fingerprint density at radius 1 is 0.581 bits per heavy atom. The first kappa shape index (κ1) is 40.5. The summed E-state index contributed by atoms with van der Waals surface area (Å²) in [6, 6.07) is 55.2. The molecule has 2 aliphatic rings. The van der Waals surface area contributed by atoms with Crippen molar-refractivity contribution in [1.82, 2.24) is 0 Å². The van der Waals surface area contributed by atoms with Crippen molar-refractivity contribution in [2.75, 3.05) is 0 Å². The lowest BCUT2D eigenvalue weighted by Gasteiger charge is -2.36. The van der Waals surface area contributed by atoms with Gasteiger partial charge in [0, 0.05) is 12.3 Å². The van der Waals surface area contributed by atoms with Crippen LogP contribution in [-0.2, 0) is 5.41 Å². The van der Waals surface area contributed by atoms with Crippen molar-refractivity contribution in [3.8, 4) is 56.3 Å². The normalized spacial score (nSPS) is 16.0. The van der Waals surface area contributed by atoms with E-state index >= 15 is 0 Å². The minimum atomic E-state index is -0.555. The summed E-state index contributed by atoms with van der Waals surface area (Å²) in [5.74, 6) is 7.00. The van der Waals surface area contributed by atoms with E-state index in [0.29, 0.717) is 6.42 Å². The molecule has 2 atom stereocenters. The molecule has 0 saturated carbocycles. The quantitative estimate of drug-likeness (QED) is 0.101. The molecule has 0 heterocycles. The van der Waals surface area contributed by atoms with Gasteiger partial charge >= 0.3 is 0 Å². The topological polar surface area (TPSA) is 0 Å².